The van der Waals surface area contributed by atoms with Crippen molar-refractivity contribution < 1.29 is 38.5 Å². The fraction of sp³-hybridized carbons (Fsp3) is 0.429. The number of nitrogens with zero attached hydrogens (tertiary/aromatic N) is 1. The molecule has 0 saturated carbocycles. The first-order chi connectivity index (χ1) is 17.8. The molecule has 0 radical (unpaired) electrons. The van der Waals surface area contributed by atoms with Crippen LogP contribution in [0.25, 0.3) is 0 Å². The Labute approximate surface area is 221 Å². The number of carboxylic acids is 1. The lowest BCUT2D eigenvalue weighted by Gasteiger charge is -2.45. The van der Waals surface area contributed by atoms with Crippen molar-refractivity contribution in [3.05, 3.63) is 59.7 Å². The minimum Gasteiger partial charge on any atom is -0.497 e. The van der Waals surface area contributed by atoms with Crippen molar-refractivity contribution in [1.82, 2.24) is 4.90 Å². The average molecular weight is 527 g/mol. The molecule has 3 atom stereocenters. The Morgan fingerprint density at radius 3 is 1.95 bits per heavy atom. The molecule has 38 heavy (non-hydrogen) atoms. The number of aliphatic carboxylic acids is 1. The predicted octanol–water partition coefficient (Wildman–Crippen LogP) is 3.63. The highest BCUT2D eigenvalue weighted by atomic mass is 16.6. The first-order valence-corrected chi connectivity index (χ1v) is 12.2. The molecule has 0 aromatic heterocycles. The number of benzene rings is 2. The Morgan fingerprint density at radius 2 is 1.50 bits per heavy atom. The van der Waals surface area contributed by atoms with Crippen molar-refractivity contribution in [2.24, 2.45) is 11.1 Å². The zero-order valence-corrected chi connectivity index (χ0v) is 22.2. The molecule has 10 nitrogen and oxygen atoms in total. The third-order valence-corrected chi connectivity index (χ3v) is 6.76. The summed E-state index contributed by atoms with van der Waals surface area (Å²) in [6.07, 6.45) is -1.29. The van der Waals surface area contributed by atoms with E-state index in [1.807, 2.05) is 0 Å². The Kier molecular flexibility index (Phi) is 8.34. The summed E-state index contributed by atoms with van der Waals surface area (Å²) in [5.41, 5.74) is 3.64. The number of amides is 2. The number of Topliss-reactive ketones (excluding diaryl/α,β-unsaturated/α-hetero) is 1. The maximum atomic E-state index is 14.1. The second-order valence-electron chi connectivity index (χ2n) is 10.3. The van der Waals surface area contributed by atoms with Gasteiger partial charge in [0.2, 0.25) is 5.91 Å². The van der Waals surface area contributed by atoms with Gasteiger partial charge in [-0.1, -0.05) is 12.1 Å². The molecule has 3 N–H and O–H groups in total. The minimum absolute atomic E-state index is 0.142. The van der Waals surface area contributed by atoms with Gasteiger partial charge in [-0.15, -0.1) is 0 Å². The summed E-state index contributed by atoms with van der Waals surface area (Å²) in [4.78, 5) is 53.7. The van der Waals surface area contributed by atoms with E-state index in [-0.39, 0.29) is 25.2 Å². The fourth-order valence-corrected chi connectivity index (χ4v) is 4.71. The molecular formula is C28H34N2O8. The number of hydrogen-bond acceptors (Lipinski definition) is 7. The monoisotopic (exact) mass is 526 g/mol. The zero-order chi connectivity index (χ0) is 28.3. The highest BCUT2D eigenvalue weighted by molar-refractivity contribution is 6.04. The van der Waals surface area contributed by atoms with E-state index in [0.29, 0.717) is 22.6 Å². The van der Waals surface area contributed by atoms with Gasteiger partial charge in [0.1, 0.15) is 22.5 Å². The van der Waals surface area contributed by atoms with Crippen LogP contribution in [-0.4, -0.2) is 66.2 Å². The van der Waals surface area contributed by atoms with Crippen LogP contribution in [0.1, 0.15) is 55.5 Å². The van der Waals surface area contributed by atoms with Crippen molar-refractivity contribution in [3.8, 4) is 11.5 Å². The lowest BCUT2D eigenvalue weighted by Crippen LogP contribution is -2.59. The Morgan fingerprint density at radius 1 is 0.974 bits per heavy atom. The number of rotatable bonds is 8. The van der Waals surface area contributed by atoms with E-state index in [9.17, 15) is 24.3 Å². The van der Waals surface area contributed by atoms with Gasteiger partial charge in [-0.05, 0) is 75.6 Å². The lowest BCUT2D eigenvalue weighted by atomic mass is 9.69. The molecule has 0 spiro atoms. The number of primary amides is 1. The summed E-state index contributed by atoms with van der Waals surface area (Å²) < 4.78 is 16.1. The van der Waals surface area contributed by atoms with Crippen molar-refractivity contribution in [2.45, 2.75) is 51.2 Å². The van der Waals surface area contributed by atoms with Crippen LogP contribution in [-0.2, 0) is 14.3 Å². The molecule has 204 valence electrons. The van der Waals surface area contributed by atoms with Crippen molar-refractivity contribution in [2.75, 3.05) is 20.8 Å². The summed E-state index contributed by atoms with van der Waals surface area (Å²) in [6, 6.07) is 12.1. The van der Waals surface area contributed by atoms with Gasteiger partial charge in [0.25, 0.3) is 0 Å². The molecule has 0 aliphatic carbocycles. The summed E-state index contributed by atoms with van der Waals surface area (Å²) >= 11 is 0. The summed E-state index contributed by atoms with van der Waals surface area (Å²) in [5.74, 6) is -2.74. The van der Waals surface area contributed by atoms with E-state index < -0.39 is 40.9 Å². The Balaban J connectivity index is 2.19. The van der Waals surface area contributed by atoms with Crippen LogP contribution in [0.5, 0.6) is 11.5 Å². The maximum absolute atomic E-state index is 14.1. The van der Waals surface area contributed by atoms with Gasteiger partial charge in [0.05, 0.1) is 26.2 Å². The van der Waals surface area contributed by atoms with Crippen LogP contribution in [0, 0.1) is 5.41 Å². The van der Waals surface area contributed by atoms with Crippen LogP contribution in [0.2, 0.25) is 0 Å². The average Bonchev–Trinajstić information content (AvgIpc) is 2.87. The number of ketones is 1. The molecule has 2 aromatic carbocycles. The molecule has 1 heterocycles. The third-order valence-electron chi connectivity index (χ3n) is 6.76. The summed E-state index contributed by atoms with van der Waals surface area (Å²) in [7, 11) is 3.02. The predicted molar refractivity (Wildman–Crippen MR) is 138 cm³/mol. The SMILES string of the molecule is COc1ccc(C(=O)C(c2ccc(OC)cc2)C2CC(C(N)=O)(C(=O)O)CCN2C(=O)OC(C)(C)C)cc1. The van der Waals surface area contributed by atoms with Gasteiger partial charge >= 0.3 is 12.1 Å². The van der Waals surface area contributed by atoms with E-state index in [4.69, 9.17) is 19.9 Å². The number of carbonyl (C=O) groups excluding carboxylic acids is 3. The summed E-state index contributed by atoms with van der Waals surface area (Å²) in [5, 5.41) is 10.1. The standard InChI is InChI=1S/C28H34N2O8/c1-27(2,3)38-26(35)30-15-14-28(24(29)32,25(33)34)16-21(30)22(17-6-10-19(36-4)11-7-17)23(31)18-8-12-20(37-5)13-9-18/h6-13,21-22H,14-16H2,1-5H3,(H2,29,32)(H,33,34). The number of methoxy groups -OCH3 is 2. The van der Waals surface area contributed by atoms with Crippen molar-refractivity contribution in [1.29, 1.82) is 0 Å². The second-order valence-corrected chi connectivity index (χ2v) is 10.3. The molecule has 1 aliphatic rings. The molecule has 3 rings (SSSR count). The van der Waals surface area contributed by atoms with Gasteiger partial charge in [-0.2, -0.15) is 0 Å². The quantitative estimate of drug-likeness (QED) is 0.392. The maximum Gasteiger partial charge on any atom is 0.410 e. The Hall–Kier alpha value is -4.08. The molecule has 2 aromatic rings. The lowest BCUT2D eigenvalue weighted by molar-refractivity contribution is -0.159. The molecule has 10 heteroatoms. The Bertz CT molecular complexity index is 1170. The molecule has 0 bridgehead atoms. The van der Waals surface area contributed by atoms with E-state index in [1.165, 1.54) is 19.1 Å². The number of carbonyl (C=O) groups is 4. The number of hydrogen-bond donors (Lipinski definition) is 2. The van der Waals surface area contributed by atoms with Gasteiger partial charge in [-0.25, -0.2) is 4.79 Å². The van der Waals surface area contributed by atoms with Crippen molar-refractivity contribution in [3.63, 3.8) is 0 Å². The third kappa shape index (κ3) is 5.90. The minimum atomic E-state index is -1.96. The van der Waals surface area contributed by atoms with Gasteiger partial charge < -0.3 is 30.0 Å². The molecule has 3 unspecified atom stereocenters. The van der Waals surface area contributed by atoms with Gasteiger partial charge in [-0.3, -0.25) is 14.4 Å². The normalized spacial score (nSPS) is 20.2. The largest absolute Gasteiger partial charge is 0.497 e. The van der Waals surface area contributed by atoms with Crippen LogP contribution in [0.4, 0.5) is 4.79 Å². The number of likely N-dealkylation sites (tertiary alicyclic amines) is 1. The fourth-order valence-electron chi connectivity index (χ4n) is 4.71. The van der Waals surface area contributed by atoms with Crippen LogP contribution in [0.15, 0.2) is 48.5 Å². The van der Waals surface area contributed by atoms with E-state index >= 15 is 0 Å². The van der Waals surface area contributed by atoms with Crippen LogP contribution >= 0.6 is 0 Å². The van der Waals surface area contributed by atoms with Crippen LogP contribution < -0.4 is 15.2 Å². The number of carboxylic acid groups (broad SMARTS) is 1. The van der Waals surface area contributed by atoms with Gasteiger partial charge in [0, 0.05) is 12.1 Å². The highest BCUT2D eigenvalue weighted by Crippen LogP contribution is 2.42. The molecule has 1 fully saturated rings. The van der Waals surface area contributed by atoms with Crippen molar-refractivity contribution >= 4 is 23.8 Å². The molecular weight excluding hydrogens is 492 g/mol. The first kappa shape index (κ1) is 28.5. The molecule has 1 saturated heterocycles. The van der Waals surface area contributed by atoms with Gasteiger partial charge in [0.15, 0.2) is 5.78 Å². The highest BCUT2D eigenvalue weighted by Gasteiger charge is 2.54. The zero-order valence-electron chi connectivity index (χ0n) is 22.2. The first-order valence-electron chi connectivity index (χ1n) is 12.2. The van der Waals surface area contributed by atoms with E-state index in [1.54, 1.807) is 69.3 Å². The van der Waals surface area contributed by atoms with E-state index in [0.717, 1.165) is 0 Å². The number of nitrogens with two attached hydrogens (primary N) is 1. The summed E-state index contributed by atoms with van der Waals surface area (Å²) in [6.45, 7) is 4.98. The number of piperidine rings is 1. The smallest absolute Gasteiger partial charge is 0.410 e. The topological polar surface area (TPSA) is 145 Å². The second kappa shape index (κ2) is 11.1. The molecule has 1 aliphatic heterocycles. The molecule has 2 amide bonds. The van der Waals surface area contributed by atoms with Crippen LogP contribution in [0.3, 0.4) is 0 Å². The number of ether oxygens (including phenoxy) is 3. The van der Waals surface area contributed by atoms with E-state index in [2.05, 4.69) is 0 Å².